The molecule has 0 saturated carbocycles. The third kappa shape index (κ3) is 3.13. The van der Waals surface area contributed by atoms with Crippen LogP contribution in [-0.4, -0.2) is 19.4 Å². The van der Waals surface area contributed by atoms with Crippen molar-refractivity contribution < 1.29 is 5.11 Å². The molecule has 0 fully saturated rings. The standard InChI is InChI=1S/C24H30OSi/c1-17-15-23(20(4)19(3)18(17)2)24(21-11-7-6-8-12-21)26(5,16-25)22-13-9-10-14-22/h6-15,22,24-25H,16H2,1-5H3. The van der Waals surface area contributed by atoms with Gasteiger partial charge in [-0.05, 0) is 66.6 Å². The van der Waals surface area contributed by atoms with Gasteiger partial charge in [-0.15, -0.1) is 0 Å². The molecule has 0 radical (unpaired) electrons. The van der Waals surface area contributed by atoms with Gasteiger partial charge < -0.3 is 5.11 Å². The average molecular weight is 363 g/mol. The highest BCUT2D eigenvalue weighted by molar-refractivity contribution is 6.82. The molecule has 2 unspecified atom stereocenters. The summed E-state index contributed by atoms with van der Waals surface area (Å²) in [5, 5.41) is 10.6. The minimum Gasteiger partial charge on any atom is -0.400 e. The zero-order valence-corrected chi connectivity index (χ0v) is 17.6. The summed E-state index contributed by atoms with van der Waals surface area (Å²) in [5.74, 6) is 0. The third-order valence-electron chi connectivity index (χ3n) is 6.48. The first-order valence-electron chi connectivity index (χ1n) is 9.48. The van der Waals surface area contributed by atoms with Crippen molar-refractivity contribution in [1.29, 1.82) is 0 Å². The van der Waals surface area contributed by atoms with Crippen LogP contribution in [0.4, 0.5) is 0 Å². The maximum Gasteiger partial charge on any atom is 0.103 e. The predicted molar refractivity (Wildman–Crippen MR) is 114 cm³/mol. The molecule has 2 atom stereocenters. The molecule has 1 aliphatic carbocycles. The molecule has 0 heterocycles. The van der Waals surface area contributed by atoms with E-state index in [1.54, 1.807) is 0 Å². The highest BCUT2D eigenvalue weighted by Gasteiger charge is 2.44. The van der Waals surface area contributed by atoms with E-state index >= 15 is 0 Å². The number of hydrogen-bond acceptors (Lipinski definition) is 1. The van der Waals surface area contributed by atoms with Gasteiger partial charge in [0.1, 0.15) is 8.07 Å². The van der Waals surface area contributed by atoms with Crippen LogP contribution in [0.5, 0.6) is 0 Å². The second-order valence-electron chi connectivity index (χ2n) is 7.96. The zero-order valence-electron chi connectivity index (χ0n) is 16.6. The Hall–Kier alpha value is -1.90. The molecule has 2 heteroatoms. The summed E-state index contributed by atoms with van der Waals surface area (Å²) < 4.78 is 0. The van der Waals surface area contributed by atoms with Crippen LogP contribution in [0.15, 0.2) is 60.7 Å². The first-order valence-corrected chi connectivity index (χ1v) is 12.3. The van der Waals surface area contributed by atoms with Gasteiger partial charge in [0.15, 0.2) is 0 Å². The Balaban J connectivity index is 2.27. The highest BCUT2D eigenvalue weighted by atomic mass is 28.3. The zero-order chi connectivity index (χ0) is 18.9. The Bertz CT molecular complexity index is 838. The van der Waals surface area contributed by atoms with Crippen LogP contribution in [0.1, 0.15) is 38.9 Å². The summed E-state index contributed by atoms with van der Waals surface area (Å²) in [6.45, 7) is 11.3. The fraction of sp³-hybridized carbons (Fsp3) is 0.333. The molecule has 1 aliphatic rings. The van der Waals surface area contributed by atoms with Gasteiger partial charge >= 0.3 is 0 Å². The Labute approximate surface area is 159 Å². The molecular weight excluding hydrogens is 332 g/mol. The smallest absolute Gasteiger partial charge is 0.103 e. The molecule has 0 amide bonds. The largest absolute Gasteiger partial charge is 0.400 e. The summed E-state index contributed by atoms with van der Waals surface area (Å²) in [6, 6.07) is 13.2. The number of aliphatic hydroxyl groups is 1. The van der Waals surface area contributed by atoms with E-state index in [1.165, 1.54) is 33.4 Å². The van der Waals surface area contributed by atoms with Crippen LogP contribution >= 0.6 is 0 Å². The van der Waals surface area contributed by atoms with Gasteiger partial charge in [0.05, 0.1) is 0 Å². The minimum absolute atomic E-state index is 0.268. The maximum atomic E-state index is 10.6. The molecule has 1 nitrogen and oxygen atoms in total. The number of hydrogen-bond donors (Lipinski definition) is 1. The van der Waals surface area contributed by atoms with Crippen LogP contribution in [-0.2, 0) is 0 Å². The molecule has 0 bridgehead atoms. The first-order chi connectivity index (χ1) is 12.4. The molecule has 0 spiro atoms. The lowest BCUT2D eigenvalue weighted by molar-refractivity contribution is 0.354. The van der Waals surface area contributed by atoms with Crippen molar-refractivity contribution in [3.8, 4) is 0 Å². The normalized spacial score (nSPS) is 17.5. The first kappa shape index (κ1) is 18.9. The summed E-state index contributed by atoms with van der Waals surface area (Å²) in [6.07, 6.45) is 9.10. The lowest BCUT2D eigenvalue weighted by Gasteiger charge is -2.40. The maximum absolute atomic E-state index is 10.6. The molecule has 0 saturated heterocycles. The van der Waals surface area contributed by atoms with Crippen molar-refractivity contribution in [3.63, 3.8) is 0 Å². The van der Waals surface area contributed by atoms with Gasteiger partial charge in [0.25, 0.3) is 0 Å². The minimum atomic E-state index is -2.11. The van der Waals surface area contributed by atoms with Gasteiger partial charge in [0.2, 0.25) is 0 Å². The fourth-order valence-corrected chi connectivity index (χ4v) is 8.21. The van der Waals surface area contributed by atoms with Crippen molar-refractivity contribution in [2.75, 3.05) is 6.23 Å². The van der Waals surface area contributed by atoms with Crippen molar-refractivity contribution in [1.82, 2.24) is 0 Å². The third-order valence-corrected chi connectivity index (χ3v) is 11.0. The second kappa shape index (κ2) is 7.38. The summed E-state index contributed by atoms with van der Waals surface area (Å²) in [7, 11) is -2.11. The van der Waals surface area contributed by atoms with Crippen LogP contribution in [0.25, 0.3) is 0 Å². The molecule has 0 aromatic heterocycles. The summed E-state index contributed by atoms with van der Waals surface area (Å²) >= 11 is 0. The van der Waals surface area contributed by atoms with Crippen LogP contribution < -0.4 is 0 Å². The van der Waals surface area contributed by atoms with Gasteiger partial charge in [-0.25, -0.2) is 0 Å². The average Bonchev–Trinajstić information content (AvgIpc) is 3.20. The van der Waals surface area contributed by atoms with E-state index in [4.69, 9.17) is 0 Å². The van der Waals surface area contributed by atoms with Gasteiger partial charge in [-0.3, -0.25) is 0 Å². The predicted octanol–water partition coefficient (Wildman–Crippen LogP) is 5.70. The van der Waals surface area contributed by atoms with Crippen LogP contribution in [0.3, 0.4) is 0 Å². The topological polar surface area (TPSA) is 20.2 Å². The van der Waals surface area contributed by atoms with E-state index in [0.717, 1.165) is 0 Å². The molecule has 2 aromatic rings. The molecule has 26 heavy (non-hydrogen) atoms. The second-order valence-corrected chi connectivity index (χ2v) is 12.5. The van der Waals surface area contributed by atoms with Gasteiger partial charge in [-0.1, -0.05) is 67.2 Å². The molecular formula is C24H30OSi. The van der Waals surface area contributed by atoms with Crippen molar-refractivity contribution in [2.24, 2.45) is 0 Å². The van der Waals surface area contributed by atoms with Crippen LogP contribution in [0, 0.1) is 27.7 Å². The lowest BCUT2D eigenvalue weighted by atomic mass is 9.91. The van der Waals surface area contributed by atoms with E-state index in [1.807, 2.05) is 0 Å². The molecule has 0 aliphatic heterocycles. The Kier molecular flexibility index (Phi) is 5.36. The fourth-order valence-electron chi connectivity index (χ4n) is 4.36. The van der Waals surface area contributed by atoms with E-state index in [0.29, 0.717) is 5.54 Å². The van der Waals surface area contributed by atoms with E-state index in [9.17, 15) is 5.11 Å². The Morgan fingerprint density at radius 3 is 2.12 bits per heavy atom. The summed E-state index contributed by atoms with van der Waals surface area (Å²) in [5.41, 5.74) is 8.83. The molecule has 1 N–H and O–H groups in total. The van der Waals surface area contributed by atoms with E-state index in [2.05, 4.69) is 94.9 Å². The molecule has 2 aromatic carbocycles. The van der Waals surface area contributed by atoms with Gasteiger partial charge in [-0.2, -0.15) is 0 Å². The van der Waals surface area contributed by atoms with Gasteiger partial charge in [0, 0.05) is 11.8 Å². The van der Waals surface area contributed by atoms with Crippen LogP contribution in [0.2, 0.25) is 12.1 Å². The quantitative estimate of drug-likeness (QED) is 0.677. The number of aryl methyl sites for hydroxylation is 1. The number of allylic oxidation sites excluding steroid dienone is 4. The lowest BCUT2D eigenvalue weighted by Crippen LogP contribution is -2.47. The number of aliphatic hydroxyl groups excluding tert-OH is 1. The highest BCUT2D eigenvalue weighted by Crippen LogP contribution is 2.44. The molecule has 136 valence electrons. The Morgan fingerprint density at radius 1 is 0.923 bits per heavy atom. The Morgan fingerprint density at radius 2 is 1.54 bits per heavy atom. The van der Waals surface area contributed by atoms with Crippen molar-refractivity contribution >= 4 is 8.07 Å². The monoisotopic (exact) mass is 362 g/mol. The van der Waals surface area contributed by atoms with Crippen molar-refractivity contribution in [2.45, 2.75) is 45.3 Å². The SMILES string of the molecule is Cc1cc(C(c2ccccc2)[Si](C)(CO)C2C=CC=C2)c(C)c(C)c1C. The number of rotatable bonds is 5. The van der Waals surface area contributed by atoms with Crippen molar-refractivity contribution in [3.05, 3.63) is 94.1 Å². The van der Waals surface area contributed by atoms with E-state index < -0.39 is 8.07 Å². The molecule has 3 rings (SSSR count). The summed E-state index contributed by atoms with van der Waals surface area (Å²) in [4.78, 5) is 0. The van der Waals surface area contributed by atoms with E-state index in [-0.39, 0.29) is 11.8 Å². The number of benzene rings is 2.